The Balaban J connectivity index is 0.00000136. The molecule has 1 heterocycles. The minimum absolute atomic E-state index is 0.268. The van der Waals surface area contributed by atoms with E-state index in [9.17, 15) is 9.90 Å². The van der Waals surface area contributed by atoms with Crippen LogP contribution in [-0.4, -0.2) is 16.1 Å². The summed E-state index contributed by atoms with van der Waals surface area (Å²) in [7, 11) is 0. The Morgan fingerprint density at radius 1 is 1.18 bits per heavy atom. The van der Waals surface area contributed by atoms with Crippen molar-refractivity contribution >= 4 is 50.0 Å². The third-order valence-electron chi connectivity index (χ3n) is 4.17. The molecule has 3 rings (SSSR count). The first kappa shape index (κ1) is 22.1. The topological polar surface area (TPSA) is 50.2 Å². The summed E-state index contributed by atoms with van der Waals surface area (Å²) in [6, 6.07) is 13.3. The van der Waals surface area contributed by atoms with Gasteiger partial charge in [-0.1, -0.05) is 66.5 Å². The van der Waals surface area contributed by atoms with Crippen molar-refractivity contribution in [3.05, 3.63) is 69.3 Å². The van der Waals surface area contributed by atoms with Crippen LogP contribution in [0.1, 0.15) is 38.4 Å². The van der Waals surface area contributed by atoms with Gasteiger partial charge in [-0.15, -0.1) is 0 Å². The van der Waals surface area contributed by atoms with E-state index in [2.05, 4.69) is 20.9 Å². The highest BCUT2D eigenvalue weighted by Gasteiger charge is 2.21. The molecule has 0 amide bonds. The number of pyridine rings is 1. The van der Waals surface area contributed by atoms with E-state index in [0.717, 1.165) is 26.5 Å². The monoisotopic (exact) mass is 459 g/mol. The van der Waals surface area contributed by atoms with Crippen LogP contribution in [0.3, 0.4) is 0 Å². The van der Waals surface area contributed by atoms with Gasteiger partial charge in [-0.2, -0.15) is 0 Å². The average Bonchev–Trinajstić information content (AvgIpc) is 2.68. The number of hydrogen-bond donors (Lipinski definition) is 1. The summed E-state index contributed by atoms with van der Waals surface area (Å²) in [5.41, 5.74) is 4.18. The molecule has 0 radical (unpaired) electrons. The van der Waals surface area contributed by atoms with Gasteiger partial charge in [0.05, 0.1) is 11.1 Å². The molecule has 0 aliphatic carbocycles. The number of aliphatic carboxylic acids is 1. The molecule has 3 nitrogen and oxygen atoms in total. The molecule has 0 bridgehead atoms. The number of allylic oxidation sites excluding steroid dienone is 1. The van der Waals surface area contributed by atoms with E-state index in [4.69, 9.17) is 11.6 Å². The summed E-state index contributed by atoms with van der Waals surface area (Å²) in [5, 5.41) is 11.3. The van der Waals surface area contributed by atoms with Crippen LogP contribution >= 0.6 is 27.5 Å². The zero-order chi connectivity index (χ0) is 20.8. The molecular weight excluding hydrogens is 438 g/mol. The van der Waals surface area contributed by atoms with Crippen LogP contribution in [0.25, 0.3) is 27.6 Å². The van der Waals surface area contributed by atoms with Crippen LogP contribution in [0.15, 0.2) is 53.0 Å². The van der Waals surface area contributed by atoms with E-state index in [1.165, 1.54) is 0 Å². The third-order valence-corrected chi connectivity index (χ3v) is 4.91. The van der Waals surface area contributed by atoms with Crippen molar-refractivity contribution in [2.75, 3.05) is 0 Å². The van der Waals surface area contributed by atoms with Crippen LogP contribution in [0, 0.1) is 6.92 Å². The predicted octanol–water partition coefficient (Wildman–Crippen LogP) is 7.53. The fourth-order valence-corrected chi connectivity index (χ4v) is 3.59. The standard InChI is InChI=1S/C21H17BrClNO2.C2H6/c1-3-4-16(21(25)26)19-12(2)24-18-10-7-14(22)11-17(18)20(19)13-5-8-15(23)9-6-13;1-2/h4-11H,3H2,1-2H3,(H,25,26);1-2H3/b16-4-;. The first-order valence-corrected chi connectivity index (χ1v) is 10.4. The minimum Gasteiger partial charge on any atom is -0.478 e. The SMILES string of the molecule is CC.CC/C=C(\C(=O)O)c1c(C)nc2ccc(Br)cc2c1-c1ccc(Cl)cc1. The Labute approximate surface area is 179 Å². The van der Waals surface area contributed by atoms with Gasteiger partial charge in [-0.05, 0) is 49.2 Å². The molecule has 1 N–H and O–H groups in total. The van der Waals surface area contributed by atoms with Crippen molar-refractivity contribution < 1.29 is 9.90 Å². The molecular formula is C23H23BrClNO2. The number of aromatic nitrogens is 1. The van der Waals surface area contributed by atoms with Gasteiger partial charge >= 0.3 is 5.97 Å². The van der Waals surface area contributed by atoms with Crippen molar-refractivity contribution in [1.29, 1.82) is 0 Å². The number of fused-ring (bicyclic) bond motifs is 1. The second kappa shape index (κ2) is 9.85. The molecule has 0 spiro atoms. The van der Waals surface area contributed by atoms with E-state index >= 15 is 0 Å². The summed E-state index contributed by atoms with van der Waals surface area (Å²) in [6.45, 7) is 7.77. The number of carbonyl (C=O) groups is 1. The van der Waals surface area contributed by atoms with Gasteiger partial charge in [0.15, 0.2) is 0 Å². The molecule has 5 heteroatoms. The van der Waals surface area contributed by atoms with Gasteiger partial charge in [0, 0.05) is 31.7 Å². The smallest absolute Gasteiger partial charge is 0.336 e. The van der Waals surface area contributed by atoms with Crippen molar-refractivity contribution in [3.63, 3.8) is 0 Å². The zero-order valence-electron chi connectivity index (χ0n) is 16.4. The highest BCUT2D eigenvalue weighted by Crippen LogP contribution is 2.38. The molecule has 0 saturated carbocycles. The molecule has 0 unspecified atom stereocenters. The Morgan fingerprint density at radius 3 is 2.39 bits per heavy atom. The summed E-state index contributed by atoms with van der Waals surface area (Å²) in [4.78, 5) is 16.6. The average molecular weight is 461 g/mol. The third kappa shape index (κ3) is 4.62. The molecule has 0 aliphatic heterocycles. The van der Waals surface area contributed by atoms with Crippen LogP contribution < -0.4 is 0 Å². The number of carboxylic acid groups (broad SMARTS) is 1. The number of nitrogens with zero attached hydrogens (tertiary/aromatic N) is 1. The van der Waals surface area contributed by atoms with Crippen LogP contribution in [0.2, 0.25) is 5.02 Å². The number of aryl methyl sites for hydroxylation is 1. The van der Waals surface area contributed by atoms with Crippen molar-refractivity contribution in [2.45, 2.75) is 34.1 Å². The lowest BCUT2D eigenvalue weighted by atomic mass is 9.89. The lowest BCUT2D eigenvalue weighted by Gasteiger charge is -2.17. The predicted molar refractivity (Wildman–Crippen MR) is 122 cm³/mol. The number of carboxylic acids is 1. The van der Waals surface area contributed by atoms with Crippen LogP contribution in [-0.2, 0) is 4.79 Å². The van der Waals surface area contributed by atoms with E-state index in [-0.39, 0.29) is 5.57 Å². The van der Waals surface area contributed by atoms with E-state index in [1.54, 1.807) is 6.08 Å². The first-order chi connectivity index (χ1) is 13.4. The fraction of sp³-hybridized carbons (Fsp3) is 0.217. The maximum absolute atomic E-state index is 12.0. The maximum atomic E-state index is 12.0. The van der Waals surface area contributed by atoms with Gasteiger partial charge in [-0.25, -0.2) is 4.79 Å². The summed E-state index contributed by atoms with van der Waals surface area (Å²) in [5.74, 6) is -0.957. The van der Waals surface area contributed by atoms with Gasteiger partial charge in [0.1, 0.15) is 0 Å². The second-order valence-electron chi connectivity index (χ2n) is 5.95. The lowest BCUT2D eigenvalue weighted by Crippen LogP contribution is -2.06. The molecule has 146 valence electrons. The number of hydrogen-bond acceptors (Lipinski definition) is 2. The Kier molecular flexibility index (Phi) is 7.78. The van der Waals surface area contributed by atoms with E-state index < -0.39 is 5.97 Å². The Bertz CT molecular complexity index is 1030. The van der Waals surface area contributed by atoms with Gasteiger partial charge in [0.25, 0.3) is 0 Å². The molecule has 2 aromatic carbocycles. The van der Waals surface area contributed by atoms with Crippen molar-refractivity contribution in [3.8, 4) is 11.1 Å². The van der Waals surface area contributed by atoms with Crippen molar-refractivity contribution in [1.82, 2.24) is 4.98 Å². The first-order valence-electron chi connectivity index (χ1n) is 9.22. The number of rotatable bonds is 4. The molecule has 0 fully saturated rings. The lowest BCUT2D eigenvalue weighted by molar-refractivity contribution is -0.130. The quantitative estimate of drug-likeness (QED) is 0.409. The largest absolute Gasteiger partial charge is 0.478 e. The Morgan fingerprint density at radius 2 is 1.82 bits per heavy atom. The molecule has 0 atom stereocenters. The van der Waals surface area contributed by atoms with Gasteiger partial charge in [-0.3, -0.25) is 4.98 Å². The minimum atomic E-state index is -0.957. The van der Waals surface area contributed by atoms with Crippen LogP contribution in [0.4, 0.5) is 0 Å². The molecule has 0 saturated heterocycles. The summed E-state index contributed by atoms with van der Waals surface area (Å²) < 4.78 is 0.910. The van der Waals surface area contributed by atoms with E-state index in [1.807, 2.05) is 70.2 Å². The summed E-state index contributed by atoms with van der Waals surface area (Å²) >= 11 is 9.56. The van der Waals surface area contributed by atoms with Crippen molar-refractivity contribution in [2.24, 2.45) is 0 Å². The maximum Gasteiger partial charge on any atom is 0.336 e. The Hall–Kier alpha value is -2.17. The summed E-state index contributed by atoms with van der Waals surface area (Å²) in [6.07, 6.45) is 2.35. The second-order valence-corrected chi connectivity index (χ2v) is 7.30. The normalized spacial score (nSPS) is 11.1. The molecule has 28 heavy (non-hydrogen) atoms. The number of halogens is 2. The molecule has 3 aromatic rings. The van der Waals surface area contributed by atoms with Crippen LogP contribution in [0.5, 0.6) is 0 Å². The zero-order valence-corrected chi connectivity index (χ0v) is 18.7. The number of benzene rings is 2. The van der Waals surface area contributed by atoms with E-state index in [0.29, 0.717) is 22.7 Å². The highest BCUT2D eigenvalue weighted by molar-refractivity contribution is 9.10. The highest BCUT2D eigenvalue weighted by atomic mass is 79.9. The van der Waals surface area contributed by atoms with Gasteiger partial charge in [0.2, 0.25) is 0 Å². The molecule has 0 aliphatic rings. The molecule has 1 aromatic heterocycles. The fourth-order valence-electron chi connectivity index (χ4n) is 3.10. The van der Waals surface area contributed by atoms with Gasteiger partial charge < -0.3 is 5.11 Å².